The Bertz CT molecular complexity index is 901. The van der Waals surface area contributed by atoms with Crippen LogP contribution in [0.4, 0.5) is 11.8 Å². The van der Waals surface area contributed by atoms with Gasteiger partial charge in [0.25, 0.3) is 0 Å². The van der Waals surface area contributed by atoms with Crippen molar-refractivity contribution in [1.82, 2.24) is 19.8 Å². The molecular weight excluding hydrogens is 388 g/mol. The highest BCUT2D eigenvalue weighted by atomic mass is 16.2. The highest BCUT2D eigenvalue weighted by molar-refractivity contribution is 5.76. The number of benzene rings is 1. The van der Waals surface area contributed by atoms with Gasteiger partial charge in [-0.2, -0.15) is 4.98 Å². The van der Waals surface area contributed by atoms with Crippen molar-refractivity contribution in [1.29, 1.82) is 0 Å². The van der Waals surface area contributed by atoms with Crippen molar-refractivity contribution >= 4 is 17.7 Å². The Morgan fingerprint density at radius 2 is 1.61 bits per heavy atom. The molecular formula is C24H34N6O. The fourth-order valence-electron chi connectivity index (χ4n) is 4.31. The number of aryl methyl sites for hydroxylation is 3. The first-order valence-electron chi connectivity index (χ1n) is 11.4. The van der Waals surface area contributed by atoms with E-state index < -0.39 is 0 Å². The first kappa shape index (κ1) is 21.6. The van der Waals surface area contributed by atoms with Crippen molar-refractivity contribution in [3.05, 3.63) is 47.2 Å². The summed E-state index contributed by atoms with van der Waals surface area (Å²) in [6.45, 7) is 11.3. The fourth-order valence-corrected chi connectivity index (χ4v) is 4.31. The van der Waals surface area contributed by atoms with Gasteiger partial charge in [0.05, 0.1) is 0 Å². The second-order valence-corrected chi connectivity index (χ2v) is 8.81. The third-order valence-corrected chi connectivity index (χ3v) is 6.28. The summed E-state index contributed by atoms with van der Waals surface area (Å²) in [6.07, 6.45) is 1.37. The number of piperazine rings is 2. The lowest BCUT2D eigenvalue weighted by Crippen LogP contribution is -2.49. The molecule has 0 N–H and O–H groups in total. The summed E-state index contributed by atoms with van der Waals surface area (Å²) in [4.78, 5) is 31.2. The van der Waals surface area contributed by atoms with Crippen LogP contribution in [-0.2, 0) is 11.2 Å². The Labute approximate surface area is 185 Å². The van der Waals surface area contributed by atoms with Crippen molar-refractivity contribution in [3.63, 3.8) is 0 Å². The molecule has 0 atom stereocenters. The molecule has 166 valence electrons. The molecule has 0 radical (unpaired) electrons. The van der Waals surface area contributed by atoms with Crippen LogP contribution in [0.5, 0.6) is 0 Å². The molecule has 31 heavy (non-hydrogen) atoms. The van der Waals surface area contributed by atoms with Gasteiger partial charge in [-0.05, 0) is 32.9 Å². The molecule has 0 bridgehead atoms. The SMILES string of the molecule is Cc1cccc(CCC(=O)N2CCN(c3nc(C)cc(N4CCN(C)CC4)n3)CC2)c1. The number of rotatable bonds is 5. The number of amides is 1. The maximum Gasteiger partial charge on any atom is 0.227 e. The lowest BCUT2D eigenvalue weighted by Gasteiger charge is -2.36. The second kappa shape index (κ2) is 9.64. The van der Waals surface area contributed by atoms with Crippen molar-refractivity contribution in [3.8, 4) is 0 Å². The molecule has 2 aromatic rings. The second-order valence-electron chi connectivity index (χ2n) is 8.81. The topological polar surface area (TPSA) is 55.8 Å². The predicted octanol–water partition coefficient (Wildman–Crippen LogP) is 2.13. The van der Waals surface area contributed by atoms with E-state index in [1.807, 2.05) is 11.8 Å². The van der Waals surface area contributed by atoms with Gasteiger partial charge in [0.1, 0.15) is 5.82 Å². The zero-order valence-electron chi connectivity index (χ0n) is 19.0. The van der Waals surface area contributed by atoms with Crippen LogP contribution in [0, 0.1) is 13.8 Å². The van der Waals surface area contributed by atoms with E-state index in [4.69, 9.17) is 9.97 Å². The van der Waals surface area contributed by atoms with Gasteiger partial charge in [0, 0.05) is 70.5 Å². The summed E-state index contributed by atoms with van der Waals surface area (Å²) >= 11 is 0. The minimum Gasteiger partial charge on any atom is -0.354 e. The number of anilines is 2. The van der Waals surface area contributed by atoms with Gasteiger partial charge in [-0.3, -0.25) is 4.79 Å². The maximum atomic E-state index is 12.7. The largest absolute Gasteiger partial charge is 0.354 e. The molecule has 0 aliphatic carbocycles. The molecule has 2 aliphatic heterocycles. The number of nitrogens with zero attached hydrogens (tertiary/aromatic N) is 6. The third kappa shape index (κ3) is 5.53. The third-order valence-electron chi connectivity index (χ3n) is 6.28. The summed E-state index contributed by atoms with van der Waals surface area (Å²) in [7, 11) is 2.16. The molecule has 7 heteroatoms. The zero-order chi connectivity index (χ0) is 21.8. The smallest absolute Gasteiger partial charge is 0.227 e. The number of hydrogen-bond acceptors (Lipinski definition) is 6. The van der Waals surface area contributed by atoms with Gasteiger partial charge in [0.15, 0.2) is 0 Å². The lowest BCUT2D eigenvalue weighted by atomic mass is 10.1. The van der Waals surface area contributed by atoms with E-state index >= 15 is 0 Å². The van der Waals surface area contributed by atoms with Crippen molar-refractivity contribution < 1.29 is 4.79 Å². The van der Waals surface area contributed by atoms with Crippen molar-refractivity contribution in [2.75, 3.05) is 69.2 Å². The Hall–Kier alpha value is -2.67. The van der Waals surface area contributed by atoms with Gasteiger partial charge in [-0.15, -0.1) is 0 Å². The van der Waals surface area contributed by atoms with E-state index in [-0.39, 0.29) is 5.91 Å². The molecule has 3 heterocycles. The number of carbonyl (C=O) groups is 1. The first-order valence-corrected chi connectivity index (χ1v) is 11.4. The molecule has 0 saturated carbocycles. The average Bonchev–Trinajstić information content (AvgIpc) is 2.78. The maximum absolute atomic E-state index is 12.7. The Morgan fingerprint density at radius 3 is 2.32 bits per heavy atom. The zero-order valence-corrected chi connectivity index (χ0v) is 19.0. The number of aromatic nitrogens is 2. The summed E-state index contributed by atoms with van der Waals surface area (Å²) in [5.41, 5.74) is 3.47. The Kier molecular flexibility index (Phi) is 6.70. The van der Waals surface area contributed by atoms with Crippen LogP contribution in [0.1, 0.15) is 23.2 Å². The molecule has 1 aromatic carbocycles. The predicted molar refractivity (Wildman–Crippen MR) is 125 cm³/mol. The molecule has 7 nitrogen and oxygen atoms in total. The quantitative estimate of drug-likeness (QED) is 0.736. The average molecular weight is 423 g/mol. The minimum absolute atomic E-state index is 0.240. The molecule has 1 amide bonds. The number of hydrogen-bond donors (Lipinski definition) is 0. The van der Waals surface area contributed by atoms with Crippen LogP contribution in [0.25, 0.3) is 0 Å². The van der Waals surface area contributed by atoms with Crippen molar-refractivity contribution in [2.45, 2.75) is 26.7 Å². The normalized spacial score (nSPS) is 17.8. The molecule has 0 spiro atoms. The standard InChI is InChI=1S/C24H34N6O/c1-19-5-4-6-21(17-19)7-8-23(31)29-13-15-30(16-14-29)24-25-20(2)18-22(26-24)28-11-9-27(3)10-12-28/h4-6,17-18H,7-16H2,1-3H3. The van der Waals surface area contributed by atoms with E-state index in [1.54, 1.807) is 0 Å². The van der Waals surface area contributed by atoms with E-state index in [1.165, 1.54) is 11.1 Å². The number of likely N-dealkylation sites (N-methyl/N-ethyl adjacent to an activating group) is 1. The van der Waals surface area contributed by atoms with Gasteiger partial charge < -0.3 is 19.6 Å². The number of carbonyl (C=O) groups excluding carboxylic acids is 1. The summed E-state index contributed by atoms with van der Waals surface area (Å²) in [6, 6.07) is 10.5. The molecule has 2 aliphatic rings. The Morgan fingerprint density at radius 1 is 0.903 bits per heavy atom. The first-order chi connectivity index (χ1) is 15.0. The molecule has 1 aromatic heterocycles. The summed E-state index contributed by atoms with van der Waals surface area (Å²) in [5.74, 6) is 2.05. The van der Waals surface area contributed by atoms with E-state index in [0.29, 0.717) is 6.42 Å². The van der Waals surface area contributed by atoms with Crippen LogP contribution in [0.15, 0.2) is 30.3 Å². The molecule has 0 unspecified atom stereocenters. The van der Waals surface area contributed by atoms with Gasteiger partial charge >= 0.3 is 0 Å². The summed E-state index contributed by atoms with van der Waals surface area (Å²) in [5, 5.41) is 0. The molecule has 2 fully saturated rings. The van der Waals surface area contributed by atoms with Gasteiger partial charge in [-0.1, -0.05) is 29.8 Å². The van der Waals surface area contributed by atoms with Crippen LogP contribution >= 0.6 is 0 Å². The van der Waals surface area contributed by atoms with E-state index in [0.717, 1.165) is 76.2 Å². The van der Waals surface area contributed by atoms with E-state index in [9.17, 15) is 4.79 Å². The monoisotopic (exact) mass is 422 g/mol. The van der Waals surface area contributed by atoms with Gasteiger partial charge in [-0.25, -0.2) is 4.98 Å². The van der Waals surface area contributed by atoms with Crippen LogP contribution in [-0.4, -0.2) is 85.1 Å². The van der Waals surface area contributed by atoms with Crippen molar-refractivity contribution in [2.24, 2.45) is 0 Å². The lowest BCUT2D eigenvalue weighted by molar-refractivity contribution is -0.131. The molecule has 4 rings (SSSR count). The highest BCUT2D eigenvalue weighted by Gasteiger charge is 2.24. The molecule has 2 saturated heterocycles. The summed E-state index contributed by atoms with van der Waals surface area (Å²) < 4.78 is 0. The Balaban J connectivity index is 1.32. The van der Waals surface area contributed by atoms with E-state index in [2.05, 4.69) is 59.0 Å². The van der Waals surface area contributed by atoms with Crippen LogP contribution in [0.3, 0.4) is 0 Å². The highest BCUT2D eigenvalue weighted by Crippen LogP contribution is 2.20. The minimum atomic E-state index is 0.240. The van der Waals surface area contributed by atoms with Crippen LogP contribution < -0.4 is 9.80 Å². The fraction of sp³-hybridized carbons (Fsp3) is 0.542. The van der Waals surface area contributed by atoms with Crippen LogP contribution in [0.2, 0.25) is 0 Å². The van der Waals surface area contributed by atoms with Gasteiger partial charge in [0.2, 0.25) is 11.9 Å².